The minimum absolute atomic E-state index is 0.0749. The van der Waals surface area contributed by atoms with Crippen LogP contribution in [0.15, 0.2) is 23.1 Å². The zero-order chi connectivity index (χ0) is 19.5. The first-order chi connectivity index (χ1) is 12.1. The lowest BCUT2D eigenvalue weighted by atomic mass is 10.3. The van der Waals surface area contributed by atoms with Gasteiger partial charge in [0.05, 0.1) is 25.2 Å². The second-order valence-corrected chi connectivity index (χ2v) is 8.86. The van der Waals surface area contributed by atoms with Crippen LogP contribution in [0.1, 0.15) is 13.3 Å². The number of anilines is 1. The first-order valence-electron chi connectivity index (χ1n) is 7.51. The molecule has 1 aromatic carbocycles. The Morgan fingerprint density at radius 2 is 2.04 bits per heavy atom. The van der Waals surface area contributed by atoms with Crippen molar-refractivity contribution in [1.82, 2.24) is 4.72 Å². The molecule has 144 valence electrons. The number of hydrogen-bond acceptors (Lipinski definition) is 8. The van der Waals surface area contributed by atoms with Crippen LogP contribution in [0.4, 0.5) is 5.69 Å². The van der Waals surface area contributed by atoms with Crippen molar-refractivity contribution in [1.29, 1.82) is 0 Å². The average Bonchev–Trinajstić information content (AvgIpc) is 2.86. The summed E-state index contributed by atoms with van der Waals surface area (Å²) in [5, 5.41) is 0. The number of nitrogens with one attached hydrogen (secondary N) is 1. The summed E-state index contributed by atoms with van der Waals surface area (Å²) in [4.78, 5) is 22.8. The fraction of sp³-hybridized carbons (Fsp3) is 0.429. The van der Waals surface area contributed by atoms with Crippen LogP contribution in [0.25, 0.3) is 0 Å². The molecule has 1 heterocycles. The molecular weight excluding hydrogens is 388 g/mol. The second kappa shape index (κ2) is 7.60. The maximum atomic E-state index is 12.5. The molecular formula is C14H18N2O8S2. The van der Waals surface area contributed by atoms with Crippen molar-refractivity contribution in [2.45, 2.75) is 18.2 Å². The van der Waals surface area contributed by atoms with E-state index in [2.05, 4.69) is 4.74 Å². The smallest absolute Gasteiger partial charge is 0.321 e. The molecule has 0 aliphatic carbocycles. The SMILES string of the molecule is CCOC(=O)CNS(=O)(=O)c1cc(N2C(=O)CCS2(=O)=O)ccc1OC. The van der Waals surface area contributed by atoms with Gasteiger partial charge in [0.2, 0.25) is 26.0 Å². The summed E-state index contributed by atoms with van der Waals surface area (Å²) in [5.74, 6) is -1.85. The predicted octanol–water partition coefficient (Wildman–Crippen LogP) is -0.397. The van der Waals surface area contributed by atoms with E-state index in [0.29, 0.717) is 4.31 Å². The van der Waals surface area contributed by atoms with Crippen LogP contribution in [-0.4, -0.2) is 54.7 Å². The molecule has 0 aromatic heterocycles. The van der Waals surface area contributed by atoms with Crippen molar-refractivity contribution in [3.05, 3.63) is 18.2 Å². The predicted molar refractivity (Wildman–Crippen MR) is 90.7 cm³/mol. The highest BCUT2D eigenvalue weighted by atomic mass is 32.2. The number of nitrogens with zero attached hydrogens (tertiary/aromatic N) is 1. The third-order valence-corrected chi connectivity index (χ3v) is 6.57. The number of carbonyl (C=O) groups is 2. The minimum atomic E-state index is -4.23. The van der Waals surface area contributed by atoms with Gasteiger partial charge in [-0.25, -0.2) is 21.1 Å². The molecule has 0 spiro atoms. The lowest BCUT2D eigenvalue weighted by Gasteiger charge is -2.17. The van der Waals surface area contributed by atoms with Crippen LogP contribution in [0.3, 0.4) is 0 Å². The van der Waals surface area contributed by atoms with E-state index in [9.17, 15) is 26.4 Å². The zero-order valence-electron chi connectivity index (χ0n) is 14.1. The van der Waals surface area contributed by atoms with Gasteiger partial charge in [-0.15, -0.1) is 0 Å². The van der Waals surface area contributed by atoms with Gasteiger partial charge in [0, 0.05) is 6.42 Å². The highest BCUT2D eigenvalue weighted by Crippen LogP contribution is 2.32. The van der Waals surface area contributed by atoms with Crippen molar-refractivity contribution in [3.63, 3.8) is 0 Å². The van der Waals surface area contributed by atoms with Gasteiger partial charge in [0.25, 0.3) is 0 Å². The summed E-state index contributed by atoms with van der Waals surface area (Å²) in [6, 6.07) is 3.51. The van der Waals surface area contributed by atoms with Gasteiger partial charge >= 0.3 is 5.97 Å². The number of amides is 1. The minimum Gasteiger partial charge on any atom is -0.495 e. The Bertz CT molecular complexity index is 924. The summed E-state index contributed by atoms with van der Waals surface area (Å²) in [6.45, 7) is 1.06. The van der Waals surface area contributed by atoms with Gasteiger partial charge in [0.1, 0.15) is 17.2 Å². The number of sulfonamides is 2. The number of ether oxygens (including phenoxy) is 2. The number of benzene rings is 1. The van der Waals surface area contributed by atoms with E-state index in [1.807, 2.05) is 4.72 Å². The Kier molecular flexibility index (Phi) is 5.88. The quantitative estimate of drug-likeness (QED) is 0.604. The molecule has 1 saturated heterocycles. The number of esters is 1. The third-order valence-electron chi connectivity index (χ3n) is 3.46. The molecule has 1 N–H and O–H groups in total. The Labute approximate surface area is 151 Å². The number of carbonyl (C=O) groups excluding carboxylic acids is 2. The van der Waals surface area contributed by atoms with E-state index < -0.39 is 43.4 Å². The lowest BCUT2D eigenvalue weighted by Crippen LogP contribution is -2.32. The van der Waals surface area contributed by atoms with Crippen LogP contribution in [0, 0.1) is 0 Å². The number of rotatable bonds is 7. The molecule has 0 saturated carbocycles. The third kappa shape index (κ3) is 4.14. The molecule has 0 bridgehead atoms. The van der Waals surface area contributed by atoms with E-state index in [1.54, 1.807) is 6.92 Å². The molecule has 1 aliphatic rings. The Balaban J connectivity index is 2.41. The molecule has 1 amide bonds. The van der Waals surface area contributed by atoms with Crippen LogP contribution < -0.4 is 13.8 Å². The van der Waals surface area contributed by atoms with Crippen molar-refractivity contribution in [2.75, 3.05) is 30.3 Å². The van der Waals surface area contributed by atoms with Crippen LogP contribution in [-0.2, 0) is 34.4 Å². The van der Waals surface area contributed by atoms with Crippen LogP contribution >= 0.6 is 0 Å². The van der Waals surface area contributed by atoms with Crippen LogP contribution in [0.2, 0.25) is 0 Å². The normalized spacial score (nSPS) is 16.5. The number of methoxy groups -OCH3 is 1. The summed E-state index contributed by atoms with van der Waals surface area (Å²) in [6.07, 6.45) is -0.183. The van der Waals surface area contributed by atoms with Gasteiger partial charge in [-0.2, -0.15) is 4.72 Å². The summed E-state index contributed by atoms with van der Waals surface area (Å²) in [7, 11) is -6.85. The fourth-order valence-electron chi connectivity index (χ4n) is 2.31. The summed E-state index contributed by atoms with van der Waals surface area (Å²) in [5.41, 5.74) is -0.121. The van der Waals surface area contributed by atoms with Crippen molar-refractivity contribution >= 4 is 37.6 Å². The molecule has 12 heteroatoms. The maximum absolute atomic E-state index is 12.5. The largest absolute Gasteiger partial charge is 0.495 e. The summed E-state index contributed by atoms with van der Waals surface area (Å²) < 4.78 is 61.3. The standard InChI is InChI=1S/C14H18N2O8S2/c1-3-24-14(18)9-15-26(21,22)12-8-10(4-5-11(12)23-2)16-13(17)6-7-25(16,19)20/h4-5,8,15H,3,6-7,9H2,1-2H3. The topological polar surface area (TPSA) is 136 Å². The molecule has 1 aliphatic heterocycles. The van der Waals surface area contributed by atoms with E-state index in [-0.39, 0.29) is 30.2 Å². The van der Waals surface area contributed by atoms with Crippen molar-refractivity contribution in [2.24, 2.45) is 0 Å². The van der Waals surface area contributed by atoms with Gasteiger partial charge in [-0.1, -0.05) is 0 Å². The maximum Gasteiger partial charge on any atom is 0.321 e. The first kappa shape index (κ1) is 20.1. The molecule has 10 nitrogen and oxygen atoms in total. The zero-order valence-corrected chi connectivity index (χ0v) is 15.7. The van der Waals surface area contributed by atoms with Crippen LogP contribution in [0.5, 0.6) is 5.75 Å². The van der Waals surface area contributed by atoms with Crippen molar-refractivity contribution < 1.29 is 35.9 Å². The highest BCUT2D eigenvalue weighted by molar-refractivity contribution is 7.94. The number of hydrogen-bond donors (Lipinski definition) is 1. The first-order valence-corrected chi connectivity index (χ1v) is 10.6. The van der Waals surface area contributed by atoms with E-state index >= 15 is 0 Å². The van der Waals surface area contributed by atoms with E-state index in [0.717, 1.165) is 6.07 Å². The molecule has 1 fully saturated rings. The fourth-order valence-corrected chi connectivity index (χ4v) is 4.92. The highest BCUT2D eigenvalue weighted by Gasteiger charge is 2.37. The Morgan fingerprint density at radius 1 is 1.35 bits per heavy atom. The van der Waals surface area contributed by atoms with Crippen molar-refractivity contribution in [3.8, 4) is 5.75 Å². The Morgan fingerprint density at radius 3 is 2.58 bits per heavy atom. The molecule has 0 radical (unpaired) electrons. The molecule has 2 rings (SSSR count). The second-order valence-electron chi connectivity index (χ2n) is 5.19. The monoisotopic (exact) mass is 406 g/mol. The van der Waals surface area contributed by atoms with Gasteiger partial charge in [0.15, 0.2) is 0 Å². The summed E-state index contributed by atoms with van der Waals surface area (Å²) >= 11 is 0. The van der Waals surface area contributed by atoms with E-state index in [1.165, 1.54) is 19.2 Å². The van der Waals surface area contributed by atoms with Gasteiger partial charge in [-0.3, -0.25) is 9.59 Å². The molecule has 0 unspecified atom stereocenters. The van der Waals surface area contributed by atoms with E-state index in [4.69, 9.17) is 4.74 Å². The van der Waals surface area contributed by atoms with Gasteiger partial charge < -0.3 is 9.47 Å². The Hall–Kier alpha value is -2.18. The van der Waals surface area contributed by atoms with Gasteiger partial charge in [-0.05, 0) is 25.1 Å². The molecule has 26 heavy (non-hydrogen) atoms. The molecule has 1 aromatic rings. The lowest BCUT2D eigenvalue weighted by molar-refractivity contribution is -0.141. The average molecular weight is 406 g/mol. The molecule has 0 atom stereocenters.